The summed E-state index contributed by atoms with van der Waals surface area (Å²) in [5, 5.41) is 5.04. The number of rotatable bonds is 15. The molecule has 1 aliphatic rings. The van der Waals surface area contributed by atoms with Gasteiger partial charge in [0.25, 0.3) is 0 Å². The fourth-order valence-corrected chi connectivity index (χ4v) is 5.90. The molecule has 4 atom stereocenters. The van der Waals surface area contributed by atoms with Crippen molar-refractivity contribution in [3.8, 4) is 0 Å². The first-order valence-electron chi connectivity index (χ1n) is 13.0. The molecule has 0 amide bonds. The maximum atomic E-state index is 13.6. The molecule has 1 aromatic rings. The molecule has 0 fully saturated rings. The Hall–Kier alpha value is -1.23. The van der Waals surface area contributed by atoms with Crippen LogP contribution in [-0.2, 0) is 6.42 Å². The molecule has 0 saturated heterocycles. The van der Waals surface area contributed by atoms with E-state index >= 15 is 0 Å². The summed E-state index contributed by atoms with van der Waals surface area (Å²) in [6.45, 7) is 4.04. The van der Waals surface area contributed by atoms with Gasteiger partial charge < -0.3 is 0 Å². The predicted octanol–water partition coefficient (Wildman–Crippen LogP) is 8.35. The van der Waals surface area contributed by atoms with E-state index < -0.39 is 24.4 Å². The molecule has 0 aromatic heterocycles. The third-order valence-corrected chi connectivity index (χ3v) is 8.52. The minimum atomic E-state index is -4.38. The zero-order valence-electron chi connectivity index (χ0n) is 22.1. The third-order valence-electron chi connectivity index (χ3n) is 6.78. The van der Waals surface area contributed by atoms with Crippen LogP contribution in [0.4, 0.5) is 26.3 Å². The van der Waals surface area contributed by atoms with E-state index in [9.17, 15) is 26.3 Å². The lowest BCUT2D eigenvalue weighted by atomic mass is 9.77. The molecule has 0 saturated carbocycles. The Kier molecular flexibility index (Phi) is 13.0. The fraction of sp³-hybridized carbons (Fsp3) is 0.607. The summed E-state index contributed by atoms with van der Waals surface area (Å²) < 4.78 is 80.7. The minimum Gasteiger partial charge on any atom is -0.294 e. The van der Waals surface area contributed by atoms with Crippen LogP contribution in [0.25, 0.3) is 0 Å². The van der Waals surface area contributed by atoms with Crippen LogP contribution in [0.2, 0.25) is 0 Å². The number of allylic oxidation sites excluding steroid dienone is 2. The van der Waals surface area contributed by atoms with Crippen molar-refractivity contribution in [2.75, 3.05) is 17.5 Å². The Balaban J connectivity index is 1.81. The zero-order chi connectivity index (χ0) is 28.4. The fourth-order valence-electron chi connectivity index (χ4n) is 4.59. The van der Waals surface area contributed by atoms with Crippen molar-refractivity contribution in [3.05, 3.63) is 59.2 Å². The highest BCUT2D eigenvalue weighted by Gasteiger charge is 2.42. The zero-order valence-corrected chi connectivity index (χ0v) is 23.8. The molecule has 0 radical (unpaired) electrons. The van der Waals surface area contributed by atoms with E-state index in [1.54, 1.807) is 36.4 Å². The summed E-state index contributed by atoms with van der Waals surface area (Å²) in [4.78, 5) is 0. The number of unbranched alkanes of at least 4 members (excludes halogenated alkanes) is 2. The monoisotopic (exact) mass is 582 g/mol. The van der Waals surface area contributed by atoms with Gasteiger partial charge in [0.15, 0.2) is 0 Å². The van der Waals surface area contributed by atoms with Gasteiger partial charge in [-0.3, -0.25) is 10.6 Å². The average Bonchev–Trinajstić information content (AvgIpc) is 2.83. The number of nitrogens with one attached hydrogen (secondary N) is 2. The van der Waals surface area contributed by atoms with Crippen molar-refractivity contribution in [2.45, 2.75) is 83.2 Å². The molecule has 2 nitrogen and oxygen atoms in total. The Labute approximate surface area is 231 Å². The van der Waals surface area contributed by atoms with E-state index in [4.69, 9.17) is 0 Å². The van der Waals surface area contributed by atoms with Crippen LogP contribution >= 0.6 is 23.1 Å². The highest BCUT2D eigenvalue weighted by Crippen LogP contribution is 2.38. The quantitative estimate of drug-likeness (QED) is 0.0637. The molecular weight excluding hydrogens is 542 g/mol. The van der Waals surface area contributed by atoms with Crippen LogP contribution in [-0.4, -0.2) is 41.8 Å². The van der Waals surface area contributed by atoms with E-state index in [-0.39, 0.29) is 38.8 Å². The van der Waals surface area contributed by atoms with Gasteiger partial charge in [0.05, 0.1) is 0 Å². The molecule has 0 heterocycles. The van der Waals surface area contributed by atoms with Gasteiger partial charge in [-0.05, 0) is 60.0 Å². The molecular formula is C28H40F6N2S2. The van der Waals surface area contributed by atoms with Crippen LogP contribution in [0.15, 0.2) is 48.1 Å². The van der Waals surface area contributed by atoms with Gasteiger partial charge in [-0.2, -0.15) is 49.5 Å². The Bertz CT molecular complexity index is 940. The standard InChI is InChI=1S/C28H40F6N2S2/c1-4-18-38(3)20-36-25(28(32,33)34)22-11-9-21(10-12-22)8-6-5-7-15-26(2)16-13-23(14-17-26)24(35-19-37)27(29,30)31/h9-14,16,24-25,35-37H,3-8,15,17-20H2,1-2H3. The summed E-state index contributed by atoms with van der Waals surface area (Å²) in [6, 6.07) is 3.21. The minimum absolute atomic E-state index is 0.0640. The first kappa shape index (κ1) is 33.0. The maximum Gasteiger partial charge on any atom is 0.407 e. The van der Waals surface area contributed by atoms with Crippen LogP contribution in [0.3, 0.4) is 0 Å². The smallest absolute Gasteiger partial charge is 0.294 e. The SMILES string of the molecule is C=S(CCC)CNC(c1ccc(CCCCCC2(C)C=CC(C(NCS)C(F)(F)F)=CC2)cc1)C(F)(F)F. The molecule has 0 bridgehead atoms. The molecule has 2 rings (SSSR count). The summed E-state index contributed by atoms with van der Waals surface area (Å²) >= 11 is 3.87. The van der Waals surface area contributed by atoms with Crippen molar-refractivity contribution < 1.29 is 26.3 Å². The van der Waals surface area contributed by atoms with E-state index in [2.05, 4.69) is 36.1 Å². The number of benzene rings is 1. The molecule has 0 aliphatic heterocycles. The highest BCUT2D eigenvalue weighted by atomic mass is 32.2. The maximum absolute atomic E-state index is 13.6. The molecule has 1 aliphatic carbocycles. The van der Waals surface area contributed by atoms with Crippen LogP contribution < -0.4 is 10.6 Å². The van der Waals surface area contributed by atoms with E-state index in [1.165, 1.54) is 0 Å². The van der Waals surface area contributed by atoms with Gasteiger partial charge in [-0.15, -0.1) is 0 Å². The molecule has 216 valence electrons. The predicted molar refractivity (Wildman–Crippen MR) is 152 cm³/mol. The van der Waals surface area contributed by atoms with Crippen molar-refractivity contribution in [3.63, 3.8) is 0 Å². The van der Waals surface area contributed by atoms with Crippen LogP contribution in [0.1, 0.15) is 69.5 Å². The molecule has 2 N–H and O–H groups in total. The van der Waals surface area contributed by atoms with Gasteiger partial charge in [0, 0.05) is 11.8 Å². The number of hydrogen-bond acceptors (Lipinski definition) is 3. The first-order chi connectivity index (χ1) is 17.8. The van der Waals surface area contributed by atoms with Gasteiger partial charge in [-0.1, -0.05) is 75.1 Å². The number of aryl methyl sites for hydroxylation is 1. The Morgan fingerprint density at radius 2 is 1.66 bits per heavy atom. The second kappa shape index (κ2) is 15.0. The number of halogens is 6. The largest absolute Gasteiger partial charge is 0.407 e. The lowest BCUT2D eigenvalue weighted by Crippen LogP contribution is -2.43. The lowest BCUT2D eigenvalue weighted by Gasteiger charge is -2.31. The number of hydrogen-bond donors (Lipinski definition) is 3. The Morgan fingerprint density at radius 3 is 2.18 bits per heavy atom. The van der Waals surface area contributed by atoms with Gasteiger partial charge in [0.1, 0.15) is 12.1 Å². The van der Waals surface area contributed by atoms with Gasteiger partial charge in [0.2, 0.25) is 0 Å². The van der Waals surface area contributed by atoms with Gasteiger partial charge in [-0.25, -0.2) is 0 Å². The molecule has 1 aromatic carbocycles. The average molecular weight is 583 g/mol. The second-order valence-electron chi connectivity index (χ2n) is 10.2. The first-order valence-corrected chi connectivity index (χ1v) is 15.3. The Morgan fingerprint density at radius 1 is 1.00 bits per heavy atom. The third kappa shape index (κ3) is 10.7. The van der Waals surface area contributed by atoms with E-state index in [0.29, 0.717) is 6.42 Å². The van der Waals surface area contributed by atoms with Crippen molar-refractivity contribution in [1.82, 2.24) is 10.6 Å². The highest BCUT2D eigenvalue weighted by molar-refractivity contribution is 8.14. The van der Waals surface area contributed by atoms with Crippen molar-refractivity contribution in [2.24, 2.45) is 5.41 Å². The molecule has 0 spiro atoms. The van der Waals surface area contributed by atoms with Crippen LogP contribution in [0.5, 0.6) is 0 Å². The normalized spacial score (nSPS) is 20.7. The summed E-state index contributed by atoms with van der Waals surface area (Å²) in [5.74, 6) is 4.92. The van der Waals surface area contributed by atoms with Crippen LogP contribution in [0, 0.1) is 5.41 Å². The summed E-state index contributed by atoms with van der Waals surface area (Å²) in [6.07, 6.45) is 2.17. The second-order valence-corrected chi connectivity index (χ2v) is 12.4. The summed E-state index contributed by atoms with van der Waals surface area (Å²) in [5.41, 5.74) is 1.23. The van der Waals surface area contributed by atoms with Gasteiger partial charge >= 0.3 is 12.4 Å². The lowest BCUT2D eigenvalue weighted by molar-refractivity contribution is -0.156. The van der Waals surface area contributed by atoms with E-state index in [0.717, 1.165) is 49.8 Å². The molecule has 10 heteroatoms. The van der Waals surface area contributed by atoms with Crippen molar-refractivity contribution >= 4 is 29.0 Å². The molecule has 38 heavy (non-hydrogen) atoms. The number of alkyl halides is 6. The van der Waals surface area contributed by atoms with Crippen molar-refractivity contribution in [1.29, 1.82) is 0 Å². The summed E-state index contributed by atoms with van der Waals surface area (Å²) in [7, 11) is -0.343. The topological polar surface area (TPSA) is 24.1 Å². The van der Waals surface area contributed by atoms with E-state index in [1.807, 2.05) is 13.0 Å². The molecule has 4 unspecified atom stereocenters. The number of thiol groups is 1.